The smallest absolute Gasteiger partial charge is 0.347 e. The van der Waals surface area contributed by atoms with Crippen LogP contribution in [0.15, 0.2) is 6.20 Å². The second-order valence-corrected chi connectivity index (χ2v) is 3.79. The number of carboxylic acid groups (broad SMARTS) is 1. The third-order valence-electron chi connectivity index (χ3n) is 1.57. The predicted molar refractivity (Wildman–Crippen MR) is 49.4 cm³/mol. The summed E-state index contributed by atoms with van der Waals surface area (Å²) in [6.45, 7) is 2.51. The van der Waals surface area contributed by atoms with Crippen LogP contribution in [0.3, 0.4) is 0 Å². The molecule has 1 atom stereocenters. The van der Waals surface area contributed by atoms with Crippen LogP contribution >= 0.6 is 11.3 Å². The Hall–Kier alpha value is -0.940. The lowest BCUT2D eigenvalue weighted by Crippen LogP contribution is -2.00. The summed E-state index contributed by atoms with van der Waals surface area (Å²) in [5.74, 6) is -0.767. The standard InChI is InChI=1S/C8H11NO3S/c1-5(4-12-2)7-9-3-6(13-7)8(10)11/h3,5H,4H2,1-2H3,(H,10,11). The van der Waals surface area contributed by atoms with Crippen LogP contribution in [0.25, 0.3) is 0 Å². The molecule has 1 unspecified atom stereocenters. The average Bonchev–Trinajstić information content (AvgIpc) is 2.52. The first kappa shape index (κ1) is 10.1. The molecule has 0 saturated heterocycles. The zero-order chi connectivity index (χ0) is 9.84. The molecule has 0 spiro atoms. The first-order valence-corrected chi connectivity index (χ1v) is 4.64. The molecular formula is C8H11NO3S. The molecular weight excluding hydrogens is 190 g/mol. The number of thiazole rings is 1. The van der Waals surface area contributed by atoms with Crippen LogP contribution in [0, 0.1) is 0 Å². The number of aromatic carboxylic acids is 1. The average molecular weight is 201 g/mol. The van der Waals surface area contributed by atoms with Gasteiger partial charge < -0.3 is 9.84 Å². The Kier molecular flexibility index (Phi) is 3.39. The van der Waals surface area contributed by atoms with Gasteiger partial charge in [-0.25, -0.2) is 9.78 Å². The quantitative estimate of drug-likeness (QED) is 0.803. The summed E-state index contributed by atoms with van der Waals surface area (Å²) < 4.78 is 4.95. The van der Waals surface area contributed by atoms with Gasteiger partial charge in [-0.3, -0.25) is 0 Å². The zero-order valence-corrected chi connectivity index (χ0v) is 8.30. The molecule has 1 rings (SSSR count). The fourth-order valence-corrected chi connectivity index (χ4v) is 1.73. The van der Waals surface area contributed by atoms with Crippen molar-refractivity contribution in [2.45, 2.75) is 12.8 Å². The molecule has 0 fully saturated rings. The van der Waals surface area contributed by atoms with Crippen LogP contribution in [0.1, 0.15) is 27.5 Å². The first-order valence-electron chi connectivity index (χ1n) is 3.83. The van der Waals surface area contributed by atoms with Gasteiger partial charge in [-0.2, -0.15) is 0 Å². The number of aromatic nitrogens is 1. The van der Waals surface area contributed by atoms with Crippen molar-refractivity contribution in [1.82, 2.24) is 4.98 Å². The van der Waals surface area contributed by atoms with E-state index in [2.05, 4.69) is 4.98 Å². The molecule has 0 aromatic carbocycles. The maximum absolute atomic E-state index is 10.5. The van der Waals surface area contributed by atoms with Gasteiger partial charge in [-0.15, -0.1) is 11.3 Å². The highest BCUT2D eigenvalue weighted by Crippen LogP contribution is 2.21. The van der Waals surface area contributed by atoms with E-state index in [4.69, 9.17) is 9.84 Å². The van der Waals surface area contributed by atoms with E-state index in [0.29, 0.717) is 6.61 Å². The minimum absolute atomic E-state index is 0.156. The number of methoxy groups -OCH3 is 1. The molecule has 4 nitrogen and oxygen atoms in total. The maximum atomic E-state index is 10.5. The molecule has 0 bridgehead atoms. The van der Waals surface area contributed by atoms with Gasteiger partial charge >= 0.3 is 5.97 Å². The number of hydrogen-bond acceptors (Lipinski definition) is 4. The Balaban J connectivity index is 2.73. The highest BCUT2D eigenvalue weighted by Gasteiger charge is 2.13. The van der Waals surface area contributed by atoms with Gasteiger partial charge in [0.2, 0.25) is 0 Å². The number of rotatable bonds is 4. The highest BCUT2D eigenvalue weighted by atomic mass is 32.1. The summed E-state index contributed by atoms with van der Waals surface area (Å²) in [4.78, 5) is 14.8. The van der Waals surface area contributed by atoms with E-state index < -0.39 is 5.97 Å². The van der Waals surface area contributed by atoms with Crippen molar-refractivity contribution in [2.75, 3.05) is 13.7 Å². The van der Waals surface area contributed by atoms with Crippen LogP contribution in [0.5, 0.6) is 0 Å². The molecule has 0 amide bonds. The van der Waals surface area contributed by atoms with Gasteiger partial charge in [-0.05, 0) is 0 Å². The lowest BCUT2D eigenvalue weighted by atomic mass is 10.2. The van der Waals surface area contributed by atoms with E-state index in [1.807, 2.05) is 6.92 Å². The summed E-state index contributed by atoms with van der Waals surface area (Å²) in [6.07, 6.45) is 1.38. The van der Waals surface area contributed by atoms with Crippen molar-refractivity contribution < 1.29 is 14.6 Å². The number of carbonyl (C=O) groups is 1. The van der Waals surface area contributed by atoms with E-state index >= 15 is 0 Å². The van der Waals surface area contributed by atoms with Crippen LogP contribution in [-0.2, 0) is 4.74 Å². The molecule has 1 heterocycles. The summed E-state index contributed by atoms with van der Waals surface area (Å²) in [5.41, 5.74) is 0. The number of hydrogen-bond donors (Lipinski definition) is 1. The van der Waals surface area contributed by atoms with Gasteiger partial charge in [0.25, 0.3) is 0 Å². The molecule has 1 aromatic heterocycles. The molecule has 0 radical (unpaired) electrons. The molecule has 13 heavy (non-hydrogen) atoms. The first-order chi connectivity index (χ1) is 6.15. The van der Waals surface area contributed by atoms with Gasteiger partial charge in [0.05, 0.1) is 17.8 Å². The number of carboxylic acids is 1. The molecule has 0 saturated carbocycles. The van der Waals surface area contributed by atoms with Gasteiger partial charge in [-0.1, -0.05) is 6.92 Å². The fourth-order valence-electron chi connectivity index (χ4n) is 0.936. The normalized spacial score (nSPS) is 12.8. The summed E-state index contributed by atoms with van der Waals surface area (Å²) in [5, 5.41) is 9.45. The lowest BCUT2D eigenvalue weighted by molar-refractivity contribution is 0.0702. The Morgan fingerprint density at radius 1 is 1.85 bits per heavy atom. The SMILES string of the molecule is COCC(C)c1ncc(C(=O)O)s1. The number of nitrogens with zero attached hydrogens (tertiary/aromatic N) is 1. The van der Waals surface area contributed by atoms with Crippen LogP contribution in [-0.4, -0.2) is 29.8 Å². The Morgan fingerprint density at radius 3 is 3.00 bits per heavy atom. The van der Waals surface area contributed by atoms with Crippen LogP contribution < -0.4 is 0 Å². The minimum atomic E-state index is -0.923. The molecule has 1 aromatic rings. The van der Waals surface area contributed by atoms with E-state index in [9.17, 15) is 4.79 Å². The Bertz CT molecular complexity index is 297. The molecule has 5 heteroatoms. The van der Waals surface area contributed by atoms with E-state index in [-0.39, 0.29) is 10.8 Å². The highest BCUT2D eigenvalue weighted by molar-refractivity contribution is 7.13. The van der Waals surface area contributed by atoms with Gasteiger partial charge in [0.1, 0.15) is 4.88 Å². The molecule has 0 aliphatic rings. The van der Waals surface area contributed by atoms with Crippen molar-refractivity contribution in [2.24, 2.45) is 0 Å². The fraction of sp³-hybridized carbons (Fsp3) is 0.500. The van der Waals surface area contributed by atoms with E-state index in [0.717, 1.165) is 5.01 Å². The monoisotopic (exact) mass is 201 g/mol. The van der Waals surface area contributed by atoms with Crippen molar-refractivity contribution in [1.29, 1.82) is 0 Å². The van der Waals surface area contributed by atoms with Crippen molar-refractivity contribution in [3.63, 3.8) is 0 Å². The van der Waals surface area contributed by atoms with Crippen molar-refractivity contribution >= 4 is 17.3 Å². The predicted octanol–water partition coefficient (Wildman–Crippen LogP) is 1.59. The maximum Gasteiger partial charge on any atom is 0.347 e. The molecule has 0 aliphatic carbocycles. The largest absolute Gasteiger partial charge is 0.477 e. The second-order valence-electron chi connectivity index (χ2n) is 2.72. The third-order valence-corrected chi connectivity index (χ3v) is 2.79. The van der Waals surface area contributed by atoms with Crippen molar-refractivity contribution in [3.05, 3.63) is 16.1 Å². The van der Waals surface area contributed by atoms with Crippen LogP contribution in [0.4, 0.5) is 0 Å². The Labute approximate surface area is 80.2 Å². The van der Waals surface area contributed by atoms with Gasteiger partial charge in [0, 0.05) is 13.0 Å². The van der Waals surface area contributed by atoms with Crippen LogP contribution in [0.2, 0.25) is 0 Å². The molecule has 1 N–H and O–H groups in total. The summed E-state index contributed by atoms with van der Waals surface area (Å²) in [6, 6.07) is 0. The minimum Gasteiger partial charge on any atom is -0.477 e. The summed E-state index contributed by atoms with van der Waals surface area (Å²) in [7, 11) is 1.61. The van der Waals surface area contributed by atoms with E-state index in [1.165, 1.54) is 17.5 Å². The molecule has 72 valence electrons. The summed E-state index contributed by atoms with van der Waals surface area (Å²) >= 11 is 1.20. The third kappa shape index (κ3) is 2.50. The van der Waals surface area contributed by atoms with Gasteiger partial charge in [0.15, 0.2) is 0 Å². The lowest BCUT2D eigenvalue weighted by Gasteiger charge is -2.04. The number of ether oxygens (including phenoxy) is 1. The Morgan fingerprint density at radius 2 is 2.54 bits per heavy atom. The topological polar surface area (TPSA) is 59.4 Å². The second kappa shape index (κ2) is 4.34. The zero-order valence-electron chi connectivity index (χ0n) is 7.48. The van der Waals surface area contributed by atoms with E-state index in [1.54, 1.807) is 7.11 Å². The molecule has 0 aliphatic heterocycles. The van der Waals surface area contributed by atoms with Crippen molar-refractivity contribution in [3.8, 4) is 0 Å².